The van der Waals surface area contributed by atoms with Gasteiger partial charge in [0, 0.05) is 25.0 Å². The normalized spacial score (nSPS) is 11.6. The lowest BCUT2D eigenvalue weighted by Gasteiger charge is -2.20. The first-order chi connectivity index (χ1) is 9.65. The smallest absolute Gasteiger partial charge is 0.174 e. The van der Waals surface area contributed by atoms with Crippen LogP contribution >= 0.6 is 0 Å². The fourth-order valence-electron chi connectivity index (χ4n) is 1.71. The van der Waals surface area contributed by atoms with Gasteiger partial charge in [0.05, 0.1) is 0 Å². The number of hydrogen-bond acceptors (Lipinski definition) is 5. The van der Waals surface area contributed by atoms with Crippen molar-refractivity contribution in [1.82, 2.24) is 0 Å². The highest BCUT2D eigenvalue weighted by atomic mass is 15.1. The largest absolute Gasteiger partial charge is 0.388 e. The molecule has 0 aliphatic carbocycles. The third-order valence-electron chi connectivity index (χ3n) is 2.85. The van der Waals surface area contributed by atoms with Crippen molar-refractivity contribution in [1.29, 1.82) is 10.5 Å². The third-order valence-corrected chi connectivity index (χ3v) is 2.85. The number of hydrogen-bond donors (Lipinski definition) is 1. The van der Waals surface area contributed by atoms with Crippen molar-refractivity contribution in [3.8, 4) is 12.1 Å². The van der Waals surface area contributed by atoms with Crippen LogP contribution in [0.15, 0.2) is 40.7 Å². The minimum Gasteiger partial charge on any atom is -0.388 e. The maximum absolute atomic E-state index is 8.83. The molecule has 0 spiro atoms. The van der Waals surface area contributed by atoms with E-state index in [0.29, 0.717) is 0 Å². The highest BCUT2D eigenvalue weighted by molar-refractivity contribution is 5.81. The van der Waals surface area contributed by atoms with Crippen molar-refractivity contribution < 1.29 is 0 Å². The molecule has 0 radical (unpaired) electrons. The molecule has 0 heterocycles. The van der Waals surface area contributed by atoms with Crippen LogP contribution in [0.1, 0.15) is 19.4 Å². The first kappa shape index (κ1) is 15.3. The minimum atomic E-state index is -0.177. The Morgan fingerprint density at radius 2 is 1.80 bits per heavy atom. The SMILES string of the molecule is CCN(CC)c1ccc(C=NC(C#N)=C(N)C#N)cc1. The first-order valence-corrected chi connectivity index (χ1v) is 6.35. The predicted molar refractivity (Wildman–Crippen MR) is 80.0 cm³/mol. The molecule has 5 heteroatoms. The van der Waals surface area contributed by atoms with E-state index in [-0.39, 0.29) is 11.4 Å². The summed E-state index contributed by atoms with van der Waals surface area (Å²) in [5.41, 5.74) is 7.11. The molecule has 0 bridgehead atoms. The van der Waals surface area contributed by atoms with Crippen LogP contribution in [-0.2, 0) is 0 Å². The molecule has 2 N–H and O–H groups in total. The van der Waals surface area contributed by atoms with Gasteiger partial charge >= 0.3 is 0 Å². The molecule has 1 aromatic rings. The lowest BCUT2D eigenvalue weighted by atomic mass is 10.2. The predicted octanol–water partition coefficient (Wildman–Crippen LogP) is 2.17. The summed E-state index contributed by atoms with van der Waals surface area (Å²) in [4.78, 5) is 6.16. The molecule has 0 aliphatic rings. The molecule has 0 amide bonds. The second-order valence-corrected chi connectivity index (χ2v) is 4.01. The van der Waals surface area contributed by atoms with Crippen molar-refractivity contribution in [2.75, 3.05) is 18.0 Å². The van der Waals surface area contributed by atoms with Gasteiger partial charge in [0.1, 0.15) is 17.8 Å². The molecule has 1 rings (SSSR count). The number of rotatable bonds is 5. The van der Waals surface area contributed by atoms with Crippen molar-refractivity contribution in [3.63, 3.8) is 0 Å². The standard InChI is InChI=1S/C15H17N5/c1-3-20(4-2)13-7-5-12(6-8-13)11-19-15(10-17)14(18)9-16/h5-8,11H,3-4,18H2,1-2H3. The van der Waals surface area contributed by atoms with E-state index < -0.39 is 0 Å². The Kier molecular flexibility index (Phi) is 5.80. The van der Waals surface area contributed by atoms with E-state index in [9.17, 15) is 0 Å². The van der Waals surface area contributed by atoms with Crippen LogP contribution in [0, 0.1) is 22.7 Å². The van der Waals surface area contributed by atoms with E-state index in [1.54, 1.807) is 12.1 Å². The maximum Gasteiger partial charge on any atom is 0.174 e. The van der Waals surface area contributed by atoms with Gasteiger partial charge in [-0.2, -0.15) is 10.5 Å². The van der Waals surface area contributed by atoms with Crippen molar-refractivity contribution in [2.45, 2.75) is 13.8 Å². The number of allylic oxidation sites excluding steroid dienone is 2. The van der Waals surface area contributed by atoms with Gasteiger partial charge in [0.25, 0.3) is 0 Å². The topological polar surface area (TPSA) is 89.2 Å². The number of benzene rings is 1. The average Bonchev–Trinajstić information content (AvgIpc) is 2.50. The second kappa shape index (κ2) is 7.60. The summed E-state index contributed by atoms with van der Waals surface area (Å²) in [7, 11) is 0. The molecule has 102 valence electrons. The van der Waals surface area contributed by atoms with Gasteiger partial charge in [-0.15, -0.1) is 0 Å². The summed E-state index contributed by atoms with van der Waals surface area (Å²) in [5.74, 6) is 0. The Labute approximate surface area is 119 Å². The van der Waals surface area contributed by atoms with Gasteiger partial charge in [-0.25, -0.2) is 4.99 Å². The Morgan fingerprint density at radius 1 is 1.20 bits per heavy atom. The molecular formula is C15H17N5. The van der Waals surface area contributed by atoms with E-state index in [0.717, 1.165) is 24.3 Å². The number of nitriles is 2. The van der Waals surface area contributed by atoms with Crippen molar-refractivity contribution in [2.24, 2.45) is 10.7 Å². The Morgan fingerprint density at radius 3 is 2.25 bits per heavy atom. The zero-order valence-electron chi connectivity index (χ0n) is 11.7. The zero-order chi connectivity index (χ0) is 15.0. The van der Waals surface area contributed by atoms with Crippen LogP contribution in [0.2, 0.25) is 0 Å². The van der Waals surface area contributed by atoms with Crippen LogP contribution in [-0.4, -0.2) is 19.3 Å². The van der Waals surface area contributed by atoms with Gasteiger partial charge in [-0.1, -0.05) is 12.1 Å². The molecule has 5 nitrogen and oxygen atoms in total. The molecule has 0 aromatic heterocycles. The maximum atomic E-state index is 8.83. The highest BCUT2D eigenvalue weighted by Crippen LogP contribution is 2.14. The molecule has 0 atom stereocenters. The number of aliphatic imine (C=N–C) groups is 1. The summed E-state index contributed by atoms with van der Waals surface area (Å²) >= 11 is 0. The summed E-state index contributed by atoms with van der Waals surface area (Å²) < 4.78 is 0. The van der Waals surface area contributed by atoms with E-state index in [2.05, 4.69) is 23.7 Å². The monoisotopic (exact) mass is 267 g/mol. The molecule has 0 fully saturated rings. The van der Waals surface area contributed by atoms with Crippen LogP contribution in [0.4, 0.5) is 5.69 Å². The van der Waals surface area contributed by atoms with Crippen molar-refractivity contribution in [3.05, 3.63) is 41.2 Å². The fraction of sp³-hybridized carbons (Fsp3) is 0.267. The van der Waals surface area contributed by atoms with Crippen LogP contribution in [0.25, 0.3) is 0 Å². The molecule has 1 aromatic carbocycles. The van der Waals surface area contributed by atoms with Gasteiger partial charge < -0.3 is 10.6 Å². The summed E-state index contributed by atoms with van der Waals surface area (Å²) in [6, 6.07) is 11.3. The summed E-state index contributed by atoms with van der Waals surface area (Å²) in [5, 5.41) is 17.4. The lowest BCUT2D eigenvalue weighted by molar-refractivity contribution is 0.866. The molecule has 0 saturated carbocycles. The number of nitrogens with two attached hydrogens (primary N) is 1. The minimum absolute atomic E-state index is 0.0691. The Bertz CT molecular complexity index is 580. The number of nitrogens with zero attached hydrogens (tertiary/aromatic N) is 4. The fourth-order valence-corrected chi connectivity index (χ4v) is 1.71. The van der Waals surface area contributed by atoms with E-state index in [4.69, 9.17) is 16.3 Å². The van der Waals surface area contributed by atoms with Gasteiger partial charge in [-0.05, 0) is 31.5 Å². The Hall–Kier alpha value is -2.79. The van der Waals surface area contributed by atoms with Crippen LogP contribution in [0.3, 0.4) is 0 Å². The molecule has 20 heavy (non-hydrogen) atoms. The Balaban J connectivity index is 2.91. The lowest BCUT2D eigenvalue weighted by Crippen LogP contribution is -2.21. The summed E-state index contributed by atoms with van der Waals surface area (Å²) in [6.07, 6.45) is 1.52. The second-order valence-electron chi connectivity index (χ2n) is 4.01. The van der Waals surface area contributed by atoms with Gasteiger partial charge in [0.15, 0.2) is 5.70 Å². The van der Waals surface area contributed by atoms with E-state index in [1.165, 1.54) is 6.21 Å². The quantitative estimate of drug-likeness (QED) is 0.654. The number of anilines is 1. The third kappa shape index (κ3) is 3.86. The van der Waals surface area contributed by atoms with Crippen LogP contribution in [0.5, 0.6) is 0 Å². The van der Waals surface area contributed by atoms with E-state index >= 15 is 0 Å². The molecule has 0 saturated heterocycles. The van der Waals surface area contributed by atoms with Crippen molar-refractivity contribution >= 4 is 11.9 Å². The molecule has 0 unspecified atom stereocenters. The summed E-state index contributed by atoms with van der Waals surface area (Å²) in [6.45, 7) is 6.11. The van der Waals surface area contributed by atoms with Crippen LogP contribution < -0.4 is 10.6 Å². The first-order valence-electron chi connectivity index (χ1n) is 6.35. The van der Waals surface area contributed by atoms with Gasteiger partial charge in [0.2, 0.25) is 0 Å². The zero-order valence-corrected chi connectivity index (χ0v) is 11.7. The highest BCUT2D eigenvalue weighted by Gasteiger charge is 2.01. The van der Waals surface area contributed by atoms with Gasteiger partial charge in [-0.3, -0.25) is 0 Å². The molecular weight excluding hydrogens is 250 g/mol. The van der Waals surface area contributed by atoms with E-state index in [1.807, 2.05) is 24.3 Å². The average molecular weight is 267 g/mol. The molecule has 0 aliphatic heterocycles.